The van der Waals surface area contributed by atoms with Crippen LogP contribution < -0.4 is 31.3 Å². The van der Waals surface area contributed by atoms with Gasteiger partial charge in [0.15, 0.2) is 6.61 Å². The van der Waals surface area contributed by atoms with Crippen LogP contribution in [0.4, 0.5) is 30.8 Å². The van der Waals surface area contributed by atoms with Crippen molar-refractivity contribution in [2.24, 2.45) is 5.92 Å². The monoisotopic (exact) mass is 760 g/mol. The first-order valence-corrected chi connectivity index (χ1v) is 17.5. The summed E-state index contributed by atoms with van der Waals surface area (Å²) in [5.74, 6) is -2.85. The van der Waals surface area contributed by atoms with E-state index in [9.17, 15) is 32.3 Å². The van der Waals surface area contributed by atoms with Crippen LogP contribution in [0.3, 0.4) is 0 Å². The maximum Gasteiger partial charge on any atom is 0.422 e. The molecule has 0 saturated heterocycles. The van der Waals surface area contributed by atoms with E-state index in [0.29, 0.717) is 29.5 Å². The molecule has 0 aliphatic heterocycles. The normalized spacial score (nSPS) is 18.2. The second-order valence-electron chi connectivity index (χ2n) is 12.9. The number of nitrogens with one attached hydrogen (secondary N) is 5. The number of amides is 3. The molecule has 2 saturated carbocycles. The summed E-state index contributed by atoms with van der Waals surface area (Å²) in [7, 11) is 1.12. The van der Waals surface area contributed by atoms with Crippen LogP contribution in [-0.4, -0.2) is 77.2 Å². The van der Waals surface area contributed by atoms with E-state index in [1.54, 1.807) is 12.1 Å². The highest BCUT2D eigenvalue weighted by atomic mass is 35.5. The number of carbonyl (C=O) groups is 4. The van der Waals surface area contributed by atoms with Crippen LogP contribution in [0.25, 0.3) is 0 Å². The molecule has 2 aliphatic rings. The molecule has 0 spiro atoms. The zero-order chi connectivity index (χ0) is 38.2. The third kappa shape index (κ3) is 11.2. The highest BCUT2D eigenvalue weighted by Gasteiger charge is 2.45. The number of carbonyl (C=O) groups excluding carboxylic acids is 4. The van der Waals surface area contributed by atoms with Crippen molar-refractivity contribution in [2.75, 3.05) is 30.9 Å². The number of rotatable bonds is 14. The third-order valence-electron chi connectivity index (χ3n) is 9.10. The summed E-state index contributed by atoms with van der Waals surface area (Å²) in [6, 6.07) is 10.9. The lowest BCUT2D eigenvalue weighted by atomic mass is 9.84. The SMILES string of the molecule is CCC1CCC(NC(=O)C(=O)NC[C@H](NC(=O)c2ccc(Nc3nc(NC4(c5ccc(Cl)cc5)CC4)nc(OCC(F)(F)F)n3)cc2)C(=O)OC)CC1. The largest absolute Gasteiger partial charge is 0.467 e. The average molecular weight is 761 g/mol. The zero-order valence-corrected chi connectivity index (χ0v) is 29.8. The molecular formula is C35H40ClF3N8O6. The Hall–Kier alpha value is -5.19. The Balaban J connectivity index is 1.21. The first-order chi connectivity index (χ1) is 25.3. The van der Waals surface area contributed by atoms with Crippen LogP contribution in [-0.2, 0) is 24.7 Å². The molecule has 5 rings (SSSR count). The van der Waals surface area contributed by atoms with E-state index < -0.39 is 60.6 Å². The minimum atomic E-state index is -4.63. The summed E-state index contributed by atoms with van der Waals surface area (Å²) in [5.41, 5.74) is 0.808. The molecule has 1 atom stereocenters. The highest BCUT2D eigenvalue weighted by molar-refractivity contribution is 6.35. The Morgan fingerprint density at radius 2 is 1.58 bits per heavy atom. The molecule has 14 nitrogen and oxygen atoms in total. The fourth-order valence-corrected chi connectivity index (χ4v) is 6.05. The number of alkyl halides is 3. The van der Waals surface area contributed by atoms with Crippen molar-refractivity contribution in [1.29, 1.82) is 0 Å². The summed E-state index contributed by atoms with van der Waals surface area (Å²) in [6.07, 6.45) is 1.37. The second kappa shape index (κ2) is 17.1. The standard InChI is InChI=1S/C35H40ClF3N8O6/c1-3-20-4-12-24(13-5-20)41-29(50)28(49)40-18-26(30(51)52-2)43-27(48)21-6-14-25(15-7-21)42-31-44-32(46-33(45-31)53-19-35(37,38)39)47-34(16-17-34)22-8-10-23(36)11-9-22/h6-11,14-15,20,24,26H,3-5,12-13,16-19H2,1-2H3,(H,40,49)(H,41,50)(H,43,48)(H2,42,44,45,46,47)/t20?,24?,26-/m0/s1. The van der Waals surface area contributed by atoms with E-state index in [1.807, 2.05) is 12.1 Å². The number of ether oxygens (including phenoxy) is 2. The van der Waals surface area contributed by atoms with Crippen molar-refractivity contribution in [2.45, 2.75) is 75.7 Å². The molecule has 3 aromatic rings. The number of hydrogen-bond donors (Lipinski definition) is 5. The van der Waals surface area contributed by atoms with Gasteiger partial charge in [0.25, 0.3) is 5.91 Å². The number of anilines is 3. The maximum atomic E-state index is 13.1. The van der Waals surface area contributed by atoms with Gasteiger partial charge in [-0.3, -0.25) is 14.4 Å². The van der Waals surface area contributed by atoms with E-state index in [4.69, 9.17) is 21.1 Å². The molecule has 2 aromatic carbocycles. The summed E-state index contributed by atoms with van der Waals surface area (Å²) in [5, 5.41) is 14.2. The lowest BCUT2D eigenvalue weighted by Crippen LogP contribution is -2.52. The number of aromatic nitrogens is 3. The van der Waals surface area contributed by atoms with Crippen LogP contribution in [0, 0.1) is 5.92 Å². The van der Waals surface area contributed by atoms with Crippen molar-refractivity contribution < 1.29 is 41.8 Å². The molecule has 0 radical (unpaired) electrons. The molecule has 0 bridgehead atoms. The molecule has 18 heteroatoms. The maximum absolute atomic E-state index is 13.1. The Morgan fingerprint density at radius 3 is 2.19 bits per heavy atom. The summed E-state index contributed by atoms with van der Waals surface area (Å²) in [4.78, 5) is 62.8. The number of esters is 1. The van der Waals surface area contributed by atoms with Gasteiger partial charge < -0.3 is 36.1 Å². The Kier molecular flexibility index (Phi) is 12.6. The van der Waals surface area contributed by atoms with Crippen LogP contribution in [0.5, 0.6) is 6.01 Å². The average Bonchev–Trinajstić information content (AvgIpc) is 3.92. The van der Waals surface area contributed by atoms with E-state index in [1.165, 1.54) is 24.3 Å². The summed E-state index contributed by atoms with van der Waals surface area (Å²) in [6.45, 7) is 0.105. The first-order valence-electron chi connectivity index (χ1n) is 17.1. The van der Waals surface area contributed by atoms with E-state index in [-0.39, 0.29) is 23.5 Å². The fourth-order valence-electron chi connectivity index (χ4n) is 5.93. The summed E-state index contributed by atoms with van der Waals surface area (Å²) >= 11 is 6.03. The van der Waals surface area contributed by atoms with Gasteiger partial charge in [-0.1, -0.05) is 37.1 Å². The third-order valence-corrected chi connectivity index (χ3v) is 9.36. The molecule has 1 aromatic heterocycles. The minimum absolute atomic E-state index is 0.0272. The summed E-state index contributed by atoms with van der Waals surface area (Å²) < 4.78 is 48.4. The van der Waals surface area contributed by atoms with Crippen molar-refractivity contribution in [3.63, 3.8) is 0 Å². The smallest absolute Gasteiger partial charge is 0.422 e. The fraction of sp³-hybridized carbons (Fsp3) is 0.457. The van der Waals surface area contributed by atoms with E-state index >= 15 is 0 Å². The van der Waals surface area contributed by atoms with E-state index in [0.717, 1.165) is 44.8 Å². The van der Waals surface area contributed by atoms with Crippen molar-refractivity contribution in [1.82, 2.24) is 30.9 Å². The number of hydrogen-bond acceptors (Lipinski definition) is 11. The van der Waals surface area contributed by atoms with Crippen LogP contribution >= 0.6 is 11.6 Å². The van der Waals surface area contributed by atoms with E-state index in [2.05, 4.69) is 48.5 Å². The van der Waals surface area contributed by atoms with Crippen LogP contribution in [0.1, 0.15) is 67.8 Å². The van der Waals surface area contributed by atoms with Gasteiger partial charge >= 0.3 is 30.0 Å². The lowest BCUT2D eigenvalue weighted by Gasteiger charge is -2.28. The zero-order valence-electron chi connectivity index (χ0n) is 29.0. The number of nitrogens with zero attached hydrogens (tertiary/aromatic N) is 3. The second-order valence-corrected chi connectivity index (χ2v) is 13.4. The van der Waals surface area contributed by atoms with Crippen LogP contribution in [0.15, 0.2) is 48.5 Å². The molecule has 53 heavy (non-hydrogen) atoms. The predicted octanol–water partition coefficient (Wildman–Crippen LogP) is 4.78. The number of benzene rings is 2. The molecule has 1 heterocycles. The van der Waals surface area contributed by atoms with Gasteiger partial charge in [0, 0.05) is 28.9 Å². The number of methoxy groups -OCH3 is 1. The lowest BCUT2D eigenvalue weighted by molar-refractivity contribution is -0.154. The van der Waals surface area contributed by atoms with Crippen LogP contribution in [0.2, 0.25) is 5.02 Å². The van der Waals surface area contributed by atoms with Gasteiger partial charge in [0.2, 0.25) is 11.9 Å². The molecule has 2 fully saturated rings. The van der Waals surface area contributed by atoms with Crippen molar-refractivity contribution in [3.05, 3.63) is 64.7 Å². The molecule has 3 amide bonds. The Morgan fingerprint density at radius 1 is 0.925 bits per heavy atom. The van der Waals surface area contributed by atoms with Gasteiger partial charge in [-0.25, -0.2) is 4.79 Å². The quantitative estimate of drug-likeness (QED) is 0.113. The number of halogens is 4. The Bertz CT molecular complexity index is 1770. The van der Waals surface area contributed by atoms with Gasteiger partial charge in [-0.15, -0.1) is 0 Å². The van der Waals surface area contributed by atoms with Gasteiger partial charge in [0.1, 0.15) is 6.04 Å². The molecule has 284 valence electrons. The first kappa shape index (κ1) is 39.0. The van der Waals surface area contributed by atoms with Gasteiger partial charge in [-0.05, 0) is 86.4 Å². The highest BCUT2D eigenvalue weighted by Crippen LogP contribution is 2.48. The van der Waals surface area contributed by atoms with Crippen molar-refractivity contribution in [3.8, 4) is 6.01 Å². The Labute approximate surface area is 308 Å². The molecular weight excluding hydrogens is 721 g/mol. The molecule has 5 N–H and O–H groups in total. The van der Waals surface area contributed by atoms with Crippen molar-refractivity contribution >= 4 is 52.9 Å². The van der Waals surface area contributed by atoms with Gasteiger partial charge in [-0.2, -0.15) is 28.1 Å². The predicted molar refractivity (Wildman–Crippen MR) is 188 cm³/mol. The minimum Gasteiger partial charge on any atom is -0.467 e. The topological polar surface area (TPSA) is 186 Å². The molecule has 0 unspecified atom stereocenters. The molecule has 2 aliphatic carbocycles. The van der Waals surface area contributed by atoms with Gasteiger partial charge in [0.05, 0.1) is 12.6 Å².